The molecule has 1 heterocycles. The molecule has 18 heavy (non-hydrogen) atoms. The van der Waals surface area contributed by atoms with Crippen LogP contribution in [-0.4, -0.2) is 16.3 Å². The molecule has 0 aliphatic heterocycles. The molecule has 0 saturated heterocycles. The van der Waals surface area contributed by atoms with Gasteiger partial charge in [0.05, 0.1) is 17.1 Å². The topological polar surface area (TPSA) is 29.9 Å². The summed E-state index contributed by atoms with van der Waals surface area (Å²) in [6.45, 7) is 11.9. The zero-order chi connectivity index (χ0) is 13.5. The number of unbranched alkanes of at least 4 members (excludes halogenated alkanes) is 4. The Morgan fingerprint density at radius 2 is 1.78 bits per heavy atom. The Balaban J connectivity index is 2.42. The number of nitrogens with zero attached hydrogens (tertiary/aromatic N) is 2. The number of aryl methyl sites for hydroxylation is 1. The molecular weight excluding hydrogens is 222 g/mol. The van der Waals surface area contributed by atoms with Crippen molar-refractivity contribution in [3.8, 4) is 0 Å². The van der Waals surface area contributed by atoms with Crippen molar-refractivity contribution >= 4 is 5.69 Å². The highest BCUT2D eigenvalue weighted by Gasteiger charge is 2.12. The minimum atomic E-state index is 0.434. The summed E-state index contributed by atoms with van der Waals surface area (Å²) >= 11 is 0. The fraction of sp³-hybridized carbons (Fsp3) is 0.800. The van der Waals surface area contributed by atoms with Gasteiger partial charge >= 0.3 is 0 Å². The second-order valence-corrected chi connectivity index (χ2v) is 5.43. The number of rotatable bonds is 8. The third-order valence-corrected chi connectivity index (χ3v) is 3.40. The molecule has 0 fully saturated rings. The van der Waals surface area contributed by atoms with Crippen molar-refractivity contribution in [1.29, 1.82) is 0 Å². The third-order valence-electron chi connectivity index (χ3n) is 3.40. The lowest BCUT2D eigenvalue weighted by atomic mass is 10.1. The van der Waals surface area contributed by atoms with Crippen molar-refractivity contribution in [2.75, 3.05) is 11.9 Å². The van der Waals surface area contributed by atoms with E-state index in [0.29, 0.717) is 6.04 Å². The normalized spacial score (nSPS) is 11.2. The molecule has 0 bridgehead atoms. The van der Waals surface area contributed by atoms with E-state index >= 15 is 0 Å². The molecule has 3 nitrogen and oxygen atoms in total. The highest BCUT2D eigenvalue weighted by Crippen LogP contribution is 2.22. The van der Waals surface area contributed by atoms with Gasteiger partial charge in [-0.2, -0.15) is 5.10 Å². The molecule has 0 saturated carbocycles. The maximum absolute atomic E-state index is 4.59. The SMILES string of the molecule is CCCCCCCNc1c(C)nn(C(C)C)c1C. The summed E-state index contributed by atoms with van der Waals surface area (Å²) in [6.07, 6.45) is 6.63. The minimum absolute atomic E-state index is 0.434. The van der Waals surface area contributed by atoms with Gasteiger partial charge in [0.2, 0.25) is 0 Å². The molecule has 1 N–H and O–H groups in total. The maximum atomic E-state index is 4.59. The molecule has 0 unspecified atom stereocenters. The molecule has 3 heteroatoms. The van der Waals surface area contributed by atoms with Crippen LogP contribution in [0.1, 0.15) is 70.3 Å². The monoisotopic (exact) mass is 251 g/mol. The molecule has 0 aliphatic rings. The summed E-state index contributed by atoms with van der Waals surface area (Å²) in [4.78, 5) is 0. The lowest BCUT2D eigenvalue weighted by Crippen LogP contribution is -2.06. The Morgan fingerprint density at radius 3 is 2.33 bits per heavy atom. The van der Waals surface area contributed by atoms with Gasteiger partial charge < -0.3 is 5.32 Å². The van der Waals surface area contributed by atoms with Crippen molar-refractivity contribution in [3.63, 3.8) is 0 Å². The van der Waals surface area contributed by atoms with E-state index in [1.54, 1.807) is 0 Å². The summed E-state index contributed by atoms with van der Waals surface area (Å²) in [5, 5.41) is 8.14. The Hall–Kier alpha value is -0.990. The van der Waals surface area contributed by atoms with Crippen LogP contribution in [0.4, 0.5) is 5.69 Å². The van der Waals surface area contributed by atoms with E-state index in [0.717, 1.165) is 12.2 Å². The van der Waals surface area contributed by atoms with Crippen LogP contribution in [0.25, 0.3) is 0 Å². The van der Waals surface area contributed by atoms with Crippen LogP contribution >= 0.6 is 0 Å². The highest BCUT2D eigenvalue weighted by atomic mass is 15.3. The van der Waals surface area contributed by atoms with Gasteiger partial charge in [-0.25, -0.2) is 0 Å². The van der Waals surface area contributed by atoms with Gasteiger partial charge in [-0.3, -0.25) is 4.68 Å². The van der Waals surface area contributed by atoms with Crippen LogP contribution in [0.15, 0.2) is 0 Å². The smallest absolute Gasteiger partial charge is 0.0828 e. The van der Waals surface area contributed by atoms with Crippen molar-refractivity contribution in [2.45, 2.75) is 72.8 Å². The number of nitrogens with one attached hydrogen (secondary N) is 1. The summed E-state index contributed by atoms with van der Waals surface area (Å²) in [5.41, 5.74) is 3.62. The lowest BCUT2D eigenvalue weighted by Gasteiger charge is -2.10. The largest absolute Gasteiger partial charge is 0.382 e. The molecule has 1 aromatic rings. The van der Waals surface area contributed by atoms with Gasteiger partial charge in [0.15, 0.2) is 0 Å². The number of hydrogen-bond donors (Lipinski definition) is 1. The molecule has 0 amide bonds. The van der Waals surface area contributed by atoms with Crippen LogP contribution in [0, 0.1) is 13.8 Å². The minimum Gasteiger partial charge on any atom is -0.382 e. The van der Waals surface area contributed by atoms with E-state index in [4.69, 9.17) is 0 Å². The van der Waals surface area contributed by atoms with Crippen LogP contribution in [-0.2, 0) is 0 Å². The van der Waals surface area contributed by atoms with Gasteiger partial charge in [-0.15, -0.1) is 0 Å². The van der Waals surface area contributed by atoms with Gasteiger partial charge in [-0.05, 0) is 34.1 Å². The average molecular weight is 251 g/mol. The molecule has 1 rings (SSSR count). The van der Waals surface area contributed by atoms with Crippen molar-refractivity contribution in [2.24, 2.45) is 0 Å². The quantitative estimate of drug-likeness (QED) is 0.691. The van der Waals surface area contributed by atoms with E-state index in [1.807, 2.05) is 0 Å². The van der Waals surface area contributed by atoms with Gasteiger partial charge in [0, 0.05) is 12.6 Å². The fourth-order valence-electron chi connectivity index (χ4n) is 2.36. The Bertz CT molecular complexity index is 353. The molecule has 0 aromatic carbocycles. The summed E-state index contributed by atoms with van der Waals surface area (Å²) in [7, 11) is 0. The molecule has 0 radical (unpaired) electrons. The number of hydrogen-bond acceptors (Lipinski definition) is 2. The van der Waals surface area contributed by atoms with E-state index in [-0.39, 0.29) is 0 Å². The van der Waals surface area contributed by atoms with Crippen LogP contribution in [0.3, 0.4) is 0 Å². The predicted octanol–water partition coefficient (Wildman–Crippen LogP) is 4.46. The zero-order valence-electron chi connectivity index (χ0n) is 12.7. The third kappa shape index (κ3) is 4.04. The fourth-order valence-corrected chi connectivity index (χ4v) is 2.36. The first kappa shape index (κ1) is 15.1. The Kier molecular flexibility index (Phi) is 6.23. The Morgan fingerprint density at radius 1 is 1.11 bits per heavy atom. The Labute approximate surface area is 112 Å². The predicted molar refractivity (Wildman–Crippen MR) is 79.3 cm³/mol. The number of anilines is 1. The van der Waals surface area contributed by atoms with Crippen molar-refractivity contribution < 1.29 is 0 Å². The van der Waals surface area contributed by atoms with Crippen LogP contribution < -0.4 is 5.32 Å². The van der Waals surface area contributed by atoms with Crippen LogP contribution in [0.2, 0.25) is 0 Å². The standard InChI is InChI=1S/C15H29N3/c1-6-7-8-9-10-11-16-15-13(4)17-18(12(2)3)14(15)5/h12,16H,6-11H2,1-5H3. The first-order valence-electron chi connectivity index (χ1n) is 7.37. The van der Waals surface area contributed by atoms with Gasteiger partial charge in [0.1, 0.15) is 0 Å². The maximum Gasteiger partial charge on any atom is 0.0828 e. The van der Waals surface area contributed by atoms with Gasteiger partial charge in [0.25, 0.3) is 0 Å². The van der Waals surface area contributed by atoms with Crippen molar-refractivity contribution in [3.05, 3.63) is 11.4 Å². The summed E-state index contributed by atoms with van der Waals surface area (Å²) < 4.78 is 2.11. The van der Waals surface area contributed by atoms with E-state index < -0.39 is 0 Å². The molecule has 0 aliphatic carbocycles. The van der Waals surface area contributed by atoms with Gasteiger partial charge in [-0.1, -0.05) is 32.6 Å². The zero-order valence-corrected chi connectivity index (χ0v) is 12.7. The summed E-state index contributed by atoms with van der Waals surface area (Å²) in [5.74, 6) is 0. The van der Waals surface area contributed by atoms with E-state index in [1.165, 1.54) is 43.5 Å². The molecule has 104 valence electrons. The number of aromatic nitrogens is 2. The lowest BCUT2D eigenvalue weighted by molar-refractivity contribution is 0.516. The van der Waals surface area contributed by atoms with Crippen LogP contribution in [0.5, 0.6) is 0 Å². The second-order valence-electron chi connectivity index (χ2n) is 5.43. The second kappa shape index (κ2) is 7.45. The first-order chi connectivity index (χ1) is 8.57. The highest BCUT2D eigenvalue weighted by molar-refractivity contribution is 5.52. The molecular formula is C15H29N3. The molecule has 1 aromatic heterocycles. The molecule has 0 atom stereocenters. The summed E-state index contributed by atoms with van der Waals surface area (Å²) in [6, 6.07) is 0.434. The van der Waals surface area contributed by atoms with Crippen molar-refractivity contribution in [1.82, 2.24) is 9.78 Å². The van der Waals surface area contributed by atoms with E-state index in [2.05, 4.69) is 49.7 Å². The average Bonchev–Trinajstić information content (AvgIpc) is 2.60. The van der Waals surface area contributed by atoms with E-state index in [9.17, 15) is 0 Å². The first-order valence-corrected chi connectivity index (χ1v) is 7.37. The molecule has 0 spiro atoms.